The van der Waals surface area contributed by atoms with Crippen LogP contribution in [0.3, 0.4) is 0 Å². The Balaban J connectivity index is 1.32. The molecule has 0 saturated heterocycles. The van der Waals surface area contributed by atoms with Crippen LogP contribution in [0.5, 0.6) is 11.6 Å². The number of pyridine rings is 2. The van der Waals surface area contributed by atoms with Gasteiger partial charge in [-0.3, -0.25) is 9.69 Å². The Morgan fingerprint density at radius 1 is 1.14 bits per heavy atom. The van der Waals surface area contributed by atoms with E-state index < -0.39 is 0 Å². The second-order valence-electron chi connectivity index (χ2n) is 8.53. The Morgan fingerprint density at radius 3 is 2.74 bits per heavy atom. The third-order valence-corrected chi connectivity index (χ3v) is 7.38. The van der Waals surface area contributed by atoms with Crippen LogP contribution in [0.2, 0.25) is 0 Å². The summed E-state index contributed by atoms with van der Waals surface area (Å²) in [5.41, 5.74) is 7.82. The van der Waals surface area contributed by atoms with Crippen molar-refractivity contribution in [2.45, 2.75) is 31.3 Å². The Kier molecular flexibility index (Phi) is 5.31. The normalized spacial score (nSPS) is 19.0. The number of rotatable bonds is 5. The van der Waals surface area contributed by atoms with Gasteiger partial charge in [-0.15, -0.1) is 11.3 Å². The summed E-state index contributed by atoms with van der Waals surface area (Å²) in [5.74, 6) is 0.846. The maximum atomic E-state index is 13.2. The highest BCUT2D eigenvalue weighted by molar-refractivity contribution is 7.21. The van der Waals surface area contributed by atoms with Crippen molar-refractivity contribution in [1.82, 2.24) is 15.3 Å². The van der Waals surface area contributed by atoms with E-state index in [0.29, 0.717) is 38.4 Å². The van der Waals surface area contributed by atoms with Gasteiger partial charge >= 0.3 is 6.03 Å². The maximum absolute atomic E-state index is 13.2. The molecule has 2 aliphatic rings. The number of anilines is 3. The van der Waals surface area contributed by atoms with Gasteiger partial charge in [0.1, 0.15) is 15.5 Å². The number of para-hydroxylation sites is 1. The van der Waals surface area contributed by atoms with Crippen LogP contribution < -0.4 is 26.0 Å². The third kappa shape index (κ3) is 3.86. The smallest absolute Gasteiger partial charge is 0.331 e. The highest BCUT2D eigenvalue weighted by Crippen LogP contribution is 2.45. The highest BCUT2D eigenvalue weighted by Gasteiger charge is 2.34. The van der Waals surface area contributed by atoms with Gasteiger partial charge in [0.2, 0.25) is 5.88 Å². The molecular weight excluding hydrogens is 464 g/mol. The number of aromatic nitrogens is 2. The molecule has 3 aromatic heterocycles. The molecule has 0 unspecified atom stereocenters. The second-order valence-corrected chi connectivity index (χ2v) is 9.53. The van der Waals surface area contributed by atoms with Crippen LogP contribution in [-0.4, -0.2) is 34.0 Å². The summed E-state index contributed by atoms with van der Waals surface area (Å²) in [6, 6.07) is 14.1. The molecular formula is C25H22N6O3S. The van der Waals surface area contributed by atoms with Crippen molar-refractivity contribution in [3.8, 4) is 11.6 Å². The van der Waals surface area contributed by atoms with Crippen molar-refractivity contribution < 1.29 is 14.3 Å². The minimum Gasteiger partial charge on any atom is -0.439 e. The Morgan fingerprint density at radius 2 is 2.00 bits per heavy atom. The van der Waals surface area contributed by atoms with Gasteiger partial charge in [0.15, 0.2) is 0 Å². The molecule has 0 spiro atoms. The number of ether oxygens (including phenoxy) is 1. The molecule has 176 valence electrons. The highest BCUT2D eigenvalue weighted by atomic mass is 32.1. The number of urea groups is 1. The van der Waals surface area contributed by atoms with Crippen LogP contribution in [0.15, 0.2) is 60.9 Å². The average Bonchev–Trinajstić information content (AvgIpc) is 3.44. The maximum Gasteiger partial charge on any atom is 0.331 e. The zero-order chi connectivity index (χ0) is 23.9. The molecule has 35 heavy (non-hydrogen) atoms. The van der Waals surface area contributed by atoms with E-state index in [9.17, 15) is 9.59 Å². The quantitative estimate of drug-likeness (QED) is 0.373. The largest absolute Gasteiger partial charge is 0.439 e. The van der Waals surface area contributed by atoms with Crippen molar-refractivity contribution in [3.63, 3.8) is 0 Å². The Labute approximate surface area is 204 Å². The lowest BCUT2D eigenvalue weighted by Crippen LogP contribution is -2.44. The van der Waals surface area contributed by atoms with Crippen LogP contribution in [0.1, 0.15) is 28.9 Å². The van der Waals surface area contributed by atoms with E-state index >= 15 is 0 Å². The molecule has 0 bridgehead atoms. The zero-order valence-corrected chi connectivity index (χ0v) is 19.4. The summed E-state index contributed by atoms with van der Waals surface area (Å²) in [6.07, 6.45) is 5.96. The summed E-state index contributed by atoms with van der Waals surface area (Å²) in [4.78, 5) is 37.8. The zero-order valence-electron chi connectivity index (χ0n) is 18.6. The fraction of sp³-hybridized carbons (Fsp3) is 0.200. The van der Waals surface area contributed by atoms with Crippen molar-refractivity contribution in [2.75, 3.05) is 10.2 Å². The van der Waals surface area contributed by atoms with E-state index in [1.807, 2.05) is 30.3 Å². The van der Waals surface area contributed by atoms with Crippen molar-refractivity contribution >= 4 is 50.6 Å². The number of thiophene rings is 1. The van der Waals surface area contributed by atoms with E-state index in [2.05, 4.69) is 20.6 Å². The fourth-order valence-electron chi connectivity index (χ4n) is 4.58. The number of nitrogens with two attached hydrogens (primary N) is 1. The lowest BCUT2D eigenvalue weighted by atomic mass is 10.1. The minimum absolute atomic E-state index is 0.0511. The Hall–Kier alpha value is -4.02. The summed E-state index contributed by atoms with van der Waals surface area (Å²) >= 11 is 1.26. The number of hydrogen-bond donors (Lipinski definition) is 3. The first-order valence-electron chi connectivity index (χ1n) is 11.4. The van der Waals surface area contributed by atoms with Gasteiger partial charge in [0.25, 0.3) is 5.91 Å². The van der Waals surface area contributed by atoms with Crippen LogP contribution in [0, 0.1) is 0 Å². The topological polar surface area (TPSA) is 122 Å². The number of carbonyl (C=O) groups excluding carboxylic acids is 2. The summed E-state index contributed by atoms with van der Waals surface area (Å²) in [7, 11) is 0. The lowest BCUT2D eigenvalue weighted by molar-refractivity contribution is 0.0939. The second kappa shape index (κ2) is 8.64. The predicted molar refractivity (Wildman–Crippen MR) is 135 cm³/mol. The Bertz CT molecular complexity index is 1420. The fourth-order valence-corrected chi connectivity index (χ4v) is 5.60. The molecule has 1 saturated carbocycles. The monoisotopic (exact) mass is 486 g/mol. The predicted octanol–water partition coefficient (Wildman–Crippen LogP) is 4.78. The first kappa shape index (κ1) is 21.5. The lowest BCUT2D eigenvalue weighted by Gasteiger charge is -2.28. The van der Waals surface area contributed by atoms with Crippen LogP contribution in [0.25, 0.3) is 10.2 Å². The number of amides is 3. The third-order valence-electron chi connectivity index (χ3n) is 6.28. The minimum atomic E-state index is -0.381. The summed E-state index contributed by atoms with van der Waals surface area (Å²) in [6.45, 7) is 0. The van der Waals surface area contributed by atoms with Gasteiger partial charge in [-0.25, -0.2) is 14.8 Å². The molecule has 10 heteroatoms. The number of carbonyl (C=O) groups is 2. The number of benzene rings is 1. The van der Waals surface area contributed by atoms with Crippen molar-refractivity contribution in [1.29, 1.82) is 0 Å². The molecule has 6 rings (SSSR count). The molecule has 1 aliphatic heterocycles. The molecule has 0 radical (unpaired) electrons. The molecule has 3 amide bonds. The SMILES string of the molecule is N[C@H]1CCC[C@H]1NC(=O)c1sc2nccc3c2c1NC(=O)N3c1ccc(Oc2ccccc2)nc1. The van der Waals surface area contributed by atoms with Gasteiger partial charge in [-0.2, -0.15) is 0 Å². The van der Waals surface area contributed by atoms with Gasteiger partial charge in [0.05, 0.1) is 28.6 Å². The number of nitrogens with one attached hydrogen (secondary N) is 2. The first-order chi connectivity index (χ1) is 17.1. The molecule has 1 aromatic carbocycles. The van der Waals surface area contributed by atoms with Crippen LogP contribution in [0.4, 0.5) is 21.9 Å². The summed E-state index contributed by atoms with van der Waals surface area (Å²) < 4.78 is 5.76. The van der Waals surface area contributed by atoms with Gasteiger partial charge < -0.3 is 21.1 Å². The average molecular weight is 487 g/mol. The van der Waals surface area contributed by atoms with Crippen molar-refractivity contribution in [2.24, 2.45) is 5.73 Å². The molecule has 1 fully saturated rings. The molecule has 4 heterocycles. The van der Waals surface area contributed by atoms with E-state index in [1.165, 1.54) is 16.2 Å². The first-order valence-corrected chi connectivity index (χ1v) is 12.2. The number of hydrogen-bond acceptors (Lipinski definition) is 7. The summed E-state index contributed by atoms with van der Waals surface area (Å²) in [5, 5.41) is 6.66. The van der Waals surface area contributed by atoms with E-state index in [4.69, 9.17) is 10.5 Å². The van der Waals surface area contributed by atoms with E-state index in [0.717, 1.165) is 24.6 Å². The van der Waals surface area contributed by atoms with Gasteiger partial charge in [0, 0.05) is 24.3 Å². The van der Waals surface area contributed by atoms with Gasteiger partial charge in [-0.05, 0) is 43.5 Å². The molecule has 1 aliphatic carbocycles. The molecule has 2 atom stereocenters. The van der Waals surface area contributed by atoms with E-state index in [-0.39, 0.29) is 24.0 Å². The molecule has 4 N–H and O–H groups in total. The standard InChI is InChI=1S/C25H22N6O3S/c26-16-7-4-8-17(16)29-23(32)22-21-20-18(11-12-27-24(20)35-22)31(25(33)30-21)14-9-10-19(28-13-14)34-15-5-2-1-3-6-15/h1-3,5-6,9-13,16-17H,4,7-8,26H2,(H,29,32)(H,30,33)/t16-,17+/m0/s1. The van der Waals surface area contributed by atoms with Gasteiger partial charge in [-0.1, -0.05) is 18.2 Å². The van der Waals surface area contributed by atoms with E-state index in [1.54, 1.807) is 30.6 Å². The molecule has 9 nitrogen and oxygen atoms in total. The van der Waals surface area contributed by atoms with Crippen LogP contribution in [-0.2, 0) is 0 Å². The van der Waals surface area contributed by atoms with Crippen molar-refractivity contribution in [3.05, 3.63) is 65.8 Å². The number of nitrogens with zero attached hydrogens (tertiary/aromatic N) is 3. The van der Waals surface area contributed by atoms with Crippen LogP contribution >= 0.6 is 11.3 Å². The molecule has 4 aromatic rings.